The van der Waals surface area contributed by atoms with Crippen LogP contribution in [0.4, 0.5) is 0 Å². The lowest BCUT2D eigenvalue weighted by molar-refractivity contribution is -0.118. The topological polar surface area (TPSA) is 76.2 Å². The van der Waals surface area contributed by atoms with Crippen LogP contribution in [0.1, 0.15) is 11.3 Å². The number of carbonyl (C=O) groups is 1. The summed E-state index contributed by atoms with van der Waals surface area (Å²) >= 11 is 1.37. The molecule has 1 saturated heterocycles. The summed E-state index contributed by atoms with van der Waals surface area (Å²) in [6.45, 7) is 0. The first-order valence-corrected chi connectivity index (χ1v) is 9.96. The van der Waals surface area contributed by atoms with Crippen molar-refractivity contribution >= 4 is 29.1 Å². The van der Waals surface area contributed by atoms with Crippen molar-refractivity contribution in [2.24, 2.45) is 10.2 Å². The van der Waals surface area contributed by atoms with Crippen LogP contribution < -0.4 is 10.1 Å². The number of amidine groups is 1. The number of thioether (sulfide) groups is 1. The van der Waals surface area contributed by atoms with Gasteiger partial charge in [0.05, 0.1) is 18.6 Å². The zero-order valence-electron chi connectivity index (χ0n) is 15.7. The minimum Gasteiger partial charge on any atom is -0.497 e. The minimum atomic E-state index is -0.231. The molecule has 146 valence electrons. The maximum Gasteiger partial charge on any atom is 0.239 e. The van der Waals surface area contributed by atoms with E-state index in [4.69, 9.17) is 9.15 Å². The molecule has 1 fully saturated rings. The van der Waals surface area contributed by atoms with Gasteiger partial charge in [-0.25, -0.2) is 0 Å². The number of nitrogens with zero attached hydrogens (tertiary/aromatic N) is 2. The van der Waals surface area contributed by atoms with Crippen molar-refractivity contribution in [1.29, 1.82) is 0 Å². The van der Waals surface area contributed by atoms with E-state index in [1.807, 2.05) is 66.7 Å². The molecule has 4 rings (SSSR count). The minimum absolute atomic E-state index is 0.0656. The Morgan fingerprint density at radius 1 is 1.10 bits per heavy atom. The molecule has 29 heavy (non-hydrogen) atoms. The van der Waals surface area contributed by atoms with E-state index in [0.717, 1.165) is 22.6 Å². The maximum atomic E-state index is 12.2. The van der Waals surface area contributed by atoms with E-state index >= 15 is 0 Å². The van der Waals surface area contributed by atoms with E-state index in [1.165, 1.54) is 18.0 Å². The van der Waals surface area contributed by atoms with E-state index in [2.05, 4.69) is 15.5 Å². The van der Waals surface area contributed by atoms with Crippen molar-refractivity contribution in [3.63, 3.8) is 0 Å². The Kier molecular flexibility index (Phi) is 5.76. The molecule has 2 aromatic carbocycles. The van der Waals surface area contributed by atoms with Gasteiger partial charge < -0.3 is 14.5 Å². The predicted octanol–water partition coefficient (Wildman–Crippen LogP) is 4.12. The molecule has 0 spiro atoms. The van der Waals surface area contributed by atoms with Crippen LogP contribution in [0.2, 0.25) is 0 Å². The Labute approximate surface area is 172 Å². The lowest BCUT2D eigenvalue weighted by Gasteiger charge is -2.06. The monoisotopic (exact) mass is 405 g/mol. The Morgan fingerprint density at radius 2 is 1.90 bits per heavy atom. The normalized spacial score (nSPS) is 17.8. The summed E-state index contributed by atoms with van der Waals surface area (Å²) in [5.41, 5.74) is 2.06. The maximum absolute atomic E-state index is 12.2. The second kappa shape index (κ2) is 8.79. The van der Waals surface area contributed by atoms with Gasteiger partial charge in [0.1, 0.15) is 17.3 Å². The fourth-order valence-corrected chi connectivity index (χ4v) is 3.85. The number of methoxy groups -OCH3 is 1. The van der Waals surface area contributed by atoms with Gasteiger partial charge in [0.2, 0.25) is 5.91 Å². The first kappa shape index (κ1) is 19.0. The first-order chi connectivity index (χ1) is 14.2. The Bertz CT molecular complexity index is 1040. The zero-order chi connectivity index (χ0) is 20.1. The SMILES string of the molecule is COc1ccc(CC2S/C(=N/N=C/c3ccc(-c4ccccc4)o3)NC2=O)cc1. The molecule has 0 bridgehead atoms. The quantitative estimate of drug-likeness (QED) is 0.494. The fourth-order valence-electron chi connectivity index (χ4n) is 2.88. The number of carbonyl (C=O) groups excluding carboxylic acids is 1. The smallest absolute Gasteiger partial charge is 0.239 e. The third-order valence-electron chi connectivity index (χ3n) is 4.38. The molecule has 1 amide bonds. The van der Waals surface area contributed by atoms with Gasteiger partial charge >= 0.3 is 0 Å². The molecule has 0 saturated carbocycles. The van der Waals surface area contributed by atoms with Crippen molar-refractivity contribution in [3.8, 4) is 17.1 Å². The number of hydrogen-bond acceptors (Lipinski definition) is 6. The van der Waals surface area contributed by atoms with Crippen LogP contribution in [-0.4, -0.2) is 29.6 Å². The summed E-state index contributed by atoms with van der Waals surface area (Å²) < 4.78 is 10.9. The summed E-state index contributed by atoms with van der Waals surface area (Å²) in [6, 6.07) is 21.3. The molecule has 0 aliphatic carbocycles. The molecule has 1 N–H and O–H groups in total. The highest BCUT2D eigenvalue weighted by Gasteiger charge is 2.30. The van der Waals surface area contributed by atoms with Crippen LogP contribution in [0.25, 0.3) is 11.3 Å². The van der Waals surface area contributed by atoms with Crippen molar-refractivity contribution in [2.45, 2.75) is 11.7 Å². The Balaban J connectivity index is 1.37. The number of nitrogens with one attached hydrogen (secondary N) is 1. The van der Waals surface area contributed by atoms with Gasteiger partial charge in [-0.05, 0) is 36.2 Å². The number of ether oxygens (including phenoxy) is 1. The van der Waals surface area contributed by atoms with Crippen LogP contribution in [0.5, 0.6) is 5.75 Å². The van der Waals surface area contributed by atoms with Gasteiger partial charge in [-0.15, -0.1) is 5.10 Å². The van der Waals surface area contributed by atoms with Gasteiger partial charge in [0.25, 0.3) is 0 Å². The van der Waals surface area contributed by atoms with E-state index in [9.17, 15) is 4.79 Å². The van der Waals surface area contributed by atoms with Gasteiger partial charge in [0, 0.05) is 5.56 Å². The van der Waals surface area contributed by atoms with Crippen LogP contribution in [0.15, 0.2) is 81.4 Å². The molecule has 1 aromatic heterocycles. The second-order valence-corrected chi connectivity index (χ2v) is 7.56. The fraction of sp³-hybridized carbons (Fsp3) is 0.136. The molecule has 1 aliphatic heterocycles. The Hall–Kier alpha value is -3.32. The van der Waals surface area contributed by atoms with Crippen LogP contribution in [0, 0.1) is 0 Å². The average molecular weight is 405 g/mol. The van der Waals surface area contributed by atoms with Crippen LogP contribution in [-0.2, 0) is 11.2 Å². The van der Waals surface area contributed by atoms with E-state index < -0.39 is 0 Å². The first-order valence-electron chi connectivity index (χ1n) is 9.08. The molecule has 0 radical (unpaired) electrons. The molecule has 2 heterocycles. The third kappa shape index (κ3) is 4.75. The molecule has 1 unspecified atom stereocenters. The van der Waals surface area contributed by atoms with Crippen molar-refractivity contribution in [3.05, 3.63) is 78.1 Å². The number of hydrogen-bond donors (Lipinski definition) is 1. The van der Waals surface area contributed by atoms with Crippen LogP contribution >= 0.6 is 11.8 Å². The number of rotatable bonds is 6. The highest BCUT2D eigenvalue weighted by Crippen LogP contribution is 2.24. The summed E-state index contributed by atoms with van der Waals surface area (Å²) in [6.07, 6.45) is 2.14. The second-order valence-electron chi connectivity index (χ2n) is 6.37. The highest BCUT2D eigenvalue weighted by atomic mass is 32.2. The lowest BCUT2D eigenvalue weighted by Crippen LogP contribution is -2.25. The van der Waals surface area contributed by atoms with Gasteiger partial charge in [-0.3, -0.25) is 4.79 Å². The third-order valence-corrected chi connectivity index (χ3v) is 5.45. The average Bonchev–Trinajstić information content (AvgIpc) is 3.36. The van der Waals surface area contributed by atoms with Crippen molar-refractivity contribution in [2.75, 3.05) is 7.11 Å². The zero-order valence-corrected chi connectivity index (χ0v) is 16.6. The molecule has 1 aliphatic rings. The largest absolute Gasteiger partial charge is 0.497 e. The van der Waals surface area contributed by atoms with E-state index in [-0.39, 0.29) is 11.2 Å². The lowest BCUT2D eigenvalue weighted by atomic mass is 10.1. The number of amides is 1. The predicted molar refractivity (Wildman–Crippen MR) is 115 cm³/mol. The molecule has 3 aromatic rings. The number of furan rings is 1. The van der Waals surface area contributed by atoms with E-state index in [0.29, 0.717) is 17.3 Å². The summed E-state index contributed by atoms with van der Waals surface area (Å²) in [5, 5.41) is 11.2. The van der Waals surface area contributed by atoms with Crippen molar-refractivity contribution in [1.82, 2.24) is 5.32 Å². The van der Waals surface area contributed by atoms with Gasteiger partial charge in [-0.2, -0.15) is 5.10 Å². The van der Waals surface area contributed by atoms with E-state index in [1.54, 1.807) is 7.11 Å². The van der Waals surface area contributed by atoms with Gasteiger partial charge in [-0.1, -0.05) is 54.2 Å². The molecule has 7 heteroatoms. The van der Waals surface area contributed by atoms with Crippen LogP contribution in [0.3, 0.4) is 0 Å². The summed E-state index contributed by atoms with van der Waals surface area (Å²) in [4.78, 5) is 12.2. The molecule has 1 atom stereocenters. The number of benzene rings is 2. The summed E-state index contributed by atoms with van der Waals surface area (Å²) in [5.74, 6) is 2.09. The molecular weight excluding hydrogens is 386 g/mol. The molecular formula is C22H19N3O3S. The van der Waals surface area contributed by atoms with Gasteiger partial charge in [0.15, 0.2) is 5.17 Å². The Morgan fingerprint density at radius 3 is 2.66 bits per heavy atom. The highest BCUT2D eigenvalue weighted by molar-refractivity contribution is 8.15. The standard InChI is InChI=1S/C22H19N3O3S/c1-27-17-9-7-15(8-10-17)13-20-21(26)24-22(29-20)25-23-14-18-11-12-19(28-18)16-5-3-2-4-6-16/h2-12,14,20H,13H2,1H3,(H,24,25,26)/b23-14+. The summed E-state index contributed by atoms with van der Waals surface area (Å²) in [7, 11) is 1.63. The van der Waals surface area contributed by atoms with Crippen molar-refractivity contribution < 1.29 is 13.9 Å². The molecule has 6 nitrogen and oxygen atoms in total.